The SMILES string of the molecule is COc1ccccc1CN(C)C1CCc2[nH]n(-c3ccccn3)c(=O)c2C1.Cl. The van der Waals surface area contributed by atoms with E-state index in [1.54, 1.807) is 18.0 Å². The smallest absolute Gasteiger partial charge is 0.276 e. The topological polar surface area (TPSA) is 63.1 Å². The minimum atomic E-state index is 0. The third-order valence-electron chi connectivity index (χ3n) is 5.35. The summed E-state index contributed by atoms with van der Waals surface area (Å²) >= 11 is 0. The number of nitrogens with one attached hydrogen (secondary N) is 1. The highest BCUT2D eigenvalue weighted by Crippen LogP contribution is 2.25. The number of aromatic amines is 1. The number of para-hydroxylation sites is 1. The molecule has 1 aromatic carbocycles. The molecule has 0 spiro atoms. The van der Waals surface area contributed by atoms with Crippen LogP contribution in [0.15, 0.2) is 53.5 Å². The van der Waals surface area contributed by atoms with E-state index in [1.165, 1.54) is 0 Å². The van der Waals surface area contributed by atoms with Crippen molar-refractivity contribution >= 4 is 12.4 Å². The number of likely N-dealkylation sites (N-methyl/N-ethyl adjacent to an activating group) is 1. The highest BCUT2D eigenvalue weighted by atomic mass is 35.5. The Morgan fingerprint density at radius 3 is 2.79 bits per heavy atom. The zero-order valence-corrected chi connectivity index (χ0v) is 16.9. The molecule has 1 aliphatic rings. The van der Waals surface area contributed by atoms with E-state index in [0.29, 0.717) is 11.9 Å². The molecule has 2 aromatic heterocycles. The minimum absolute atomic E-state index is 0. The maximum absolute atomic E-state index is 12.9. The van der Waals surface area contributed by atoms with E-state index in [-0.39, 0.29) is 18.0 Å². The normalized spacial score (nSPS) is 15.8. The molecule has 1 unspecified atom stereocenters. The van der Waals surface area contributed by atoms with Gasteiger partial charge in [-0.25, -0.2) is 9.67 Å². The van der Waals surface area contributed by atoms with Crippen molar-refractivity contribution < 1.29 is 4.74 Å². The Bertz CT molecular complexity index is 984. The molecule has 1 N–H and O–H groups in total. The second-order valence-corrected chi connectivity index (χ2v) is 7.02. The summed E-state index contributed by atoms with van der Waals surface area (Å²) in [5, 5.41) is 3.25. The van der Waals surface area contributed by atoms with Crippen LogP contribution in [0.3, 0.4) is 0 Å². The molecular formula is C21H25ClN4O2. The second kappa shape index (κ2) is 8.63. The summed E-state index contributed by atoms with van der Waals surface area (Å²) in [5.74, 6) is 1.54. The number of ether oxygens (including phenoxy) is 1. The number of benzene rings is 1. The van der Waals surface area contributed by atoms with Gasteiger partial charge >= 0.3 is 0 Å². The number of pyridine rings is 1. The van der Waals surface area contributed by atoms with Crippen molar-refractivity contribution in [2.45, 2.75) is 31.8 Å². The van der Waals surface area contributed by atoms with Crippen LogP contribution in [0.1, 0.15) is 23.2 Å². The number of nitrogens with zero attached hydrogens (tertiary/aromatic N) is 3. The lowest BCUT2D eigenvalue weighted by Gasteiger charge is -2.31. The zero-order valence-electron chi connectivity index (χ0n) is 16.1. The Morgan fingerprint density at radius 2 is 2.04 bits per heavy atom. The fourth-order valence-electron chi connectivity index (χ4n) is 3.84. The van der Waals surface area contributed by atoms with Crippen molar-refractivity contribution in [1.29, 1.82) is 0 Å². The van der Waals surface area contributed by atoms with Crippen LogP contribution in [0.4, 0.5) is 0 Å². The van der Waals surface area contributed by atoms with Crippen molar-refractivity contribution in [3.05, 3.63) is 75.8 Å². The molecule has 6 nitrogen and oxygen atoms in total. The van der Waals surface area contributed by atoms with E-state index in [1.807, 2.05) is 36.4 Å². The summed E-state index contributed by atoms with van der Waals surface area (Å²) in [6.07, 6.45) is 4.33. The van der Waals surface area contributed by atoms with Crippen molar-refractivity contribution in [3.63, 3.8) is 0 Å². The maximum atomic E-state index is 12.9. The summed E-state index contributed by atoms with van der Waals surface area (Å²) in [7, 11) is 3.82. The predicted octanol–water partition coefficient (Wildman–Crippen LogP) is 2.98. The highest BCUT2D eigenvalue weighted by Gasteiger charge is 2.27. The van der Waals surface area contributed by atoms with Crippen molar-refractivity contribution in [2.24, 2.45) is 0 Å². The summed E-state index contributed by atoms with van der Waals surface area (Å²) in [4.78, 5) is 19.5. The van der Waals surface area contributed by atoms with Gasteiger partial charge in [0.2, 0.25) is 0 Å². The summed E-state index contributed by atoms with van der Waals surface area (Å²) in [6, 6.07) is 14.0. The number of aromatic nitrogens is 3. The molecule has 28 heavy (non-hydrogen) atoms. The lowest BCUT2D eigenvalue weighted by molar-refractivity contribution is 0.210. The standard InChI is InChI=1S/C21H24N4O2.ClH/c1-24(14-15-7-3-4-8-19(15)27-2)16-10-11-18-17(13-16)21(26)25(23-18)20-9-5-6-12-22-20;/h3-9,12,16,23H,10-11,13-14H2,1-2H3;1H. The van der Waals surface area contributed by atoms with Crippen LogP contribution in [-0.2, 0) is 19.4 Å². The molecule has 148 valence electrons. The van der Waals surface area contributed by atoms with Gasteiger partial charge in [-0.2, -0.15) is 0 Å². The first kappa shape index (κ1) is 20.2. The largest absolute Gasteiger partial charge is 0.496 e. The molecule has 3 aromatic rings. The summed E-state index contributed by atoms with van der Waals surface area (Å²) in [6.45, 7) is 0.795. The van der Waals surface area contributed by atoms with E-state index in [9.17, 15) is 4.79 Å². The van der Waals surface area contributed by atoms with Crippen LogP contribution in [0.2, 0.25) is 0 Å². The second-order valence-electron chi connectivity index (χ2n) is 7.02. The fraction of sp³-hybridized carbons (Fsp3) is 0.333. The van der Waals surface area contributed by atoms with Gasteiger partial charge in [-0.05, 0) is 44.5 Å². The van der Waals surface area contributed by atoms with Crippen LogP contribution in [0.5, 0.6) is 5.75 Å². The molecule has 4 rings (SSSR count). The molecule has 0 radical (unpaired) electrons. The zero-order chi connectivity index (χ0) is 18.8. The Hall–Kier alpha value is -2.57. The van der Waals surface area contributed by atoms with Crippen LogP contribution >= 0.6 is 12.4 Å². The molecule has 0 aliphatic heterocycles. The van der Waals surface area contributed by atoms with Gasteiger partial charge in [0.15, 0.2) is 5.82 Å². The number of methoxy groups -OCH3 is 1. The number of fused-ring (bicyclic) bond motifs is 1. The number of aryl methyl sites for hydroxylation is 1. The minimum Gasteiger partial charge on any atom is -0.496 e. The molecule has 1 aliphatic carbocycles. The average Bonchev–Trinajstić information content (AvgIpc) is 3.05. The molecule has 0 amide bonds. The number of halogens is 1. The van der Waals surface area contributed by atoms with Gasteiger partial charge in [0, 0.05) is 35.6 Å². The van der Waals surface area contributed by atoms with E-state index in [0.717, 1.165) is 48.4 Å². The van der Waals surface area contributed by atoms with Gasteiger partial charge in [-0.1, -0.05) is 24.3 Å². The highest BCUT2D eigenvalue weighted by molar-refractivity contribution is 5.85. The Kier molecular flexibility index (Phi) is 6.21. The van der Waals surface area contributed by atoms with Gasteiger partial charge in [-0.15, -0.1) is 12.4 Å². The lowest BCUT2D eigenvalue weighted by Crippen LogP contribution is -2.37. The number of hydrogen-bond acceptors (Lipinski definition) is 4. The van der Waals surface area contributed by atoms with E-state index in [4.69, 9.17) is 4.74 Å². The Labute approximate surface area is 170 Å². The van der Waals surface area contributed by atoms with Crippen molar-refractivity contribution in [1.82, 2.24) is 19.7 Å². The number of rotatable bonds is 5. The summed E-state index contributed by atoms with van der Waals surface area (Å²) < 4.78 is 7.03. The number of hydrogen-bond donors (Lipinski definition) is 1. The van der Waals surface area contributed by atoms with Gasteiger partial charge in [0.05, 0.1) is 7.11 Å². The predicted molar refractivity (Wildman–Crippen MR) is 112 cm³/mol. The first-order valence-corrected chi connectivity index (χ1v) is 9.23. The van der Waals surface area contributed by atoms with Crippen LogP contribution < -0.4 is 10.3 Å². The molecule has 0 saturated heterocycles. The van der Waals surface area contributed by atoms with Crippen LogP contribution in [0, 0.1) is 0 Å². The molecule has 7 heteroatoms. The first-order chi connectivity index (χ1) is 13.2. The third-order valence-corrected chi connectivity index (χ3v) is 5.35. The molecule has 0 fully saturated rings. The molecule has 0 bridgehead atoms. The molecule has 0 saturated carbocycles. The Morgan fingerprint density at radius 1 is 1.25 bits per heavy atom. The van der Waals surface area contributed by atoms with Gasteiger partial charge in [-0.3, -0.25) is 14.8 Å². The van der Waals surface area contributed by atoms with E-state index < -0.39 is 0 Å². The third kappa shape index (κ3) is 3.84. The molecule has 1 atom stereocenters. The van der Waals surface area contributed by atoms with Crippen LogP contribution in [-0.4, -0.2) is 39.9 Å². The molecule has 2 heterocycles. The number of H-pyrrole nitrogens is 1. The Balaban J connectivity index is 0.00000225. The van der Waals surface area contributed by atoms with Gasteiger partial charge in [0.25, 0.3) is 5.56 Å². The first-order valence-electron chi connectivity index (χ1n) is 9.23. The van der Waals surface area contributed by atoms with Crippen LogP contribution in [0.25, 0.3) is 5.82 Å². The van der Waals surface area contributed by atoms with Crippen molar-refractivity contribution in [3.8, 4) is 11.6 Å². The van der Waals surface area contributed by atoms with Gasteiger partial charge < -0.3 is 4.74 Å². The van der Waals surface area contributed by atoms with E-state index >= 15 is 0 Å². The average molecular weight is 401 g/mol. The molecular weight excluding hydrogens is 376 g/mol. The quantitative estimate of drug-likeness (QED) is 0.715. The summed E-state index contributed by atoms with van der Waals surface area (Å²) in [5.41, 5.74) is 3.09. The maximum Gasteiger partial charge on any atom is 0.276 e. The van der Waals surface area contributed by atoms with Gasteiger partial charge in [0.1, 0.15) is 5.75 Å². The lowest BCUT2D eigenvalue weighted by atomic mass is 9.92. The van der Waals surface area contributed by atoms with E-state index in [2.05, 4.69) is 28.1 Å². The van der Waals surface area contributed by atoms with Crippen molar-refractivity contribution in [2.75, 3.05) is 14.2 Å². The fourth-order valence-corrected chi connectivity index (χ4v) is 3.84. The monoisotopic (exact) mass is 400 g/mol.